The maximum atomic E-state index is 15.3. The summed E-state index contributed by atoms with van der Waals surface area (Å²) < 4.78 is 43.2. The predicted octanol–water partition coefficient (Wildman–Crippen LogP) is 2.81. The first-order valence-corrected chi connectivity index (χ1v) is 15.9. The number of carbonyl (C=O) groups is 2. The first-order valence-electron chi connectivity index (χ1n) is 15.0. The molecule has 2 aromatic carbocycles. The lowest BCUT2D eigenvalue weighted by molar-refractivity contribution is -0.753. The zero-order valence-electron chi connectivity index (χ0n) is 27.7. The van der Waals surface area contributed by atoms with Crippen molar-refractivity contribution in [2.75, 3.05) is 11.9 Å². The predicted molar refractivity (Wildman–Crippen MR) is 180 cm³/mol. The summed E-state index contributed by atoms with van der Waals surface area (Å²) in [5.74, 6) is -2.64. The highest BCUT2D eigenvalue weighted by Crippen LogP contribution is 2.41. The monoisotopic (exact) mass is 759 g/mol. The van der Waals surface area contributed by atoms with E-state index in [4.69, 9.17) is 14.7 Å². The number of aliphatic hydroxyl groups is 1. The van der Waals surface area contributed by atoms with Crippen molar-refractivity contribution in [3.05, 3.63) is 112 Å². The fraction of sp³-hybridized carbons (Fsp3) is 0.265. The average Bonchev–Trinajstić information content (AvgIpc) is 3.78. The average molecular weight is 761 g/mol. The van der Waals surface area contributed by atoms with Crippen LogP contribution >= 0.6 is 23.7 Å². The molecule has 17 heteroatoms. The molecule has 5 rings (SSSR count). The number of nitrogens with zero attached hydrogens (tertiary/aromatic N) is 7. The van der Waals surface area contributed by atoms with Gasteiger partial charge in [0.05, 0.1) is 22.3 Å². The molecular formula is C34H33Cl2F2N7O5S. The molecule has 268 valence electrons. The number of amides is 1. The Labute approximate surface area is 308 Å². The van der Waals surface area contributed by atoms with E-state index in [9.17, 15) is 19.1 Å². The van der Waals surface area contributed by atoms with E-state index in [2.05, 4.69) is 21.1 Å². The zero-order chi connectivity index (χ0) is 35.3. The van der Waals surface area contributed by atoms with Crippen molar-refractivity contribution < 1.29 is 49.9 Å². The van der Waals surface area contributed by atoms with Crippen LogP contribution in [-0.4, -0.2) is 44.0 Å². The Bertz CT molecular complexity index is 2020. The van der Waals surface area contributed by atoms with Crippen LogP contribution in [-0.2, 0) is 33.0 Å². The smallest absolute Gasteiger partial charge is 0.418 e. The highest BCUT2D eigenvalue weighted by molar-refractivity contribution is 7.10. The van der Waals surface area contributed by atoms with Crippen molar-refractivity contribution >= 4 is 41.6 Å². The van der Waals surface area contributed by atoms with E-state index in [0.29, 0.717) is 21.8 Å². The molecule has 0 aliphatic rings. The normalized spacial score (nSPS) is 13.0. The van der Waals surface area contributed by atoms with Crippen LogP contribution in [0.5, 0.6) is 0 Å². The Balaban J connectivity index is 0.00000351. The fourth-order valence-corrected chi connectivity index (χ4v) is 6.05. The Morgan fingerprint density at radius 3 is 2.59 bits per heavy atom. The number of pyridine rings is 1. The second-order valence-corrected chi connectivity index (χ2v) is 12.1. The van der Waals surface area contributed by atoms with E-state index in [0.717, 1.165) is 23.8 Å². The molecule has 12 nitrogen and oxygen atoms in total. The van der Waals surface area contributed by atoms with Crippen LogP contribution in [0.2, 0.25) is 0 Å². The third-order valence-corrected chi connectivity index (χ3v) is 8.92. The van der Waals surface area contributed by atoms with E-state index in [1.54, 1.807) is 55.6 Å². The summed E-state index contributed by atoms with van der Waals surface area (Å²) in [4.78, 5) is 34.4. The minimum Gasteiger partial charge on any atom is -1.00 e. The first kappa shape index (κ1) is 40.4. The van der Waals surface area contributed by atoms with Crippen LogP contribution in [0.25, 0.3) is 11.3 Å². The SMILES string of the molecule is CC(=O)OCc1cccnc1N(C)C(=O)OC(C)[n+]1cnn(CC(O)(c2cc(F)ccc2F)C(C)c2nc(-c3ccc(C#N)cc3)cs2)c1.Cl.[Cl-]. The van der Waals surface area contributed by atoms with Crippen molar-refractivity contribution in [2.24, 2.45) is 0 Å². The number of aromatic nitrogens is 5. The van der Waals surface area contributed by atoms with Crippen LogP contribution in [0.1, 0.15) is 54.6 Å². The van der Waals surface area contributed by atoms with Gasteiger partial charge in [0.2, 0.25) is 12.6 Å². The number of rotatable bonds is 11. The van der Waals surface area contributed by atoms with E-state index < -0.39 is 41.4 Å². The molecule has 51 heavy (non-hydrogen) atoms. The van der Waals surface area contributed by atoms with Crippen molar-refractivity contribution in [1.82, 2.24) is 19.7 Å². The molecule has 0 aliphatic heterocycles. The molecule has 3 atom stereocenters. The Hall–Kier alpha value is -5.01. The molecule has 0 bridgehead atoms. The molecule has 3 unspecified atom stereocenters. The molecule has 3 heterocycles. The minimum atomic E-state index is -2.03. The van der Waals surface area contributed by atoms with Crippen LogP contribution in [0.15, 0.2) is 78.8 Å². The van der Waals surface area contributed by atoms with Crippen molar-refractivity contribution in [2.45, 2.75) is 51.7 Å². The number of hydrogen-bond donors (Lipinski definition) is 1. The van der Waals surface area contributed by atoms with Crippen molar-refractivity contribution in [3.63, 3.8) is 0 Å². The number of anilines is 1. The maximum Gasteiger partial charge on any atom is 0.418 e. The Kier molecular flexibility index (Phi) is 13.7. The summed E-state index contributed by atoms with van der Waals surface area (Å²) in [6.07, 6.45) is 2.66. The minimum absolute atomic E-state index is 0. The van der Waals surface area contributed by atoms with Crippen LogP contribution in [0.3, 0.4) is 0 Å². The van der Waals surface area contributed by atoms with E-state index in [1.807, 2.05) is 0 Å². The standard InChI is InChI=1S/C34H32F2N7O5S.2ClH/c1-21(32-40-30(17-49-32)25-9-7-24(15-37)8-10-25)34(46,28-14-27(35)11-12-29(28)36)18-43-20-42(19-39-43)22(2)48-33(45)41(4)31-26(6-5-13-38-31)16-47-23(3)44;;/h5-14,17,19-22,46H,16,18H2,1-4H3;2*1H/q+1;;/p-1. The number of halogens is 4. The molecule has 1 amide bonds. The summed E-state index contributed by atoms with van der Waals surface area (Å²) in [5.41, 5.74) is 0.0217. The molecule has 3 aromatic heterocycles. The van der Waals surface area contributed by atoms with Gasteiger partial charge < -0.3 is 27.0 Å². The molecule has 5 aromatic rings. The summed E-state index contributed by atoms with van der Waals surface area (Å²) >= 11 is 1.25. The second kappa shape index (κ2) is 17.3. The lowest BCUT2D eigenvalue weighted by atomic mass is 9.82. The van der Waals surface area contributed by atoms with Gasteiger partial charge in [-0.25, -0.2) is 23.5 Å². The molecule has 0 radical (unpaired) electrons. The quantitative estimate of drug-likeness (QED) is 0.159. The summed E-state index contributed by atoms with van der Waals surface area (Å²) in [7, 11) is 1.46. The molecule has 0 saturated carbocycles. The van der Waals surface area contributed by atoms with Gasteiger partial charge in [0.1, 0.15) is 36.2 Å². The lowest BCUT2D eigenvalue weighted by Crippen LogP contribution is -3.00. The molecule has 0 saturated heterocycles. The Morgan fingerprint density at radius 2 is 1.90 bits per heavy atom. The third kappa shape index (κ3) is 9.21. The van der Waals surface area contributed by atoms with Gasteiger partial charge in [0.25, 0.3) is 6.33 Å². The fourth-order valence-electron chi connectivity index (χ4n) is 5.08. The highest BCUT2D eigenvalue weighted by Gasteiger charge is 2.43. The first-order chi connectivity index (χ1) is 23.4. The molecule has 1 N–H and O–H groups in total. The van der Waals surface area contributed by atoms with Crippen LogP contribution < -0.4 is 21.9 Å². The molecular weight excluding hydrogens is 727 g/mol. The summed E-state index contributed by atoms with van der Waals surface area (Å²) in [5, 5.41) is 27.9. The number of benzene rings is 2. The number of esters is 1. The molecule has 0 spiro atoms. The largest absolute Gasteiger partial charge is 1.00 e. The maximum absolute atomic E-state index is 15.3. The lowest BCUT2D eigenvalue weighted by Gasteiger charge is -2.32. The number of hydrogen-bond acceptors (Lipinski definition) is 10. The highest BCUT2D eigenvalue weighted by atomic mass is 35.5. The van der Waals surface area contributed by atoms with E-state index >= 15 is 4.39 Å². The number of carbonyl (C=O) groups excluding carboxylic acids is 2. The van der Waals surface area contributed by atoms with E-state index in [-0.39, 0.29) is 49.3 Å². The van der Waals surface area contributed by atoms with Gasteiger partial charge in [-0.3, -0.25) is 9.69 Å². The van der Waals surface area contributed by atoms with Crippen molar-refractivity contribution in [1.29, 1.82) is 5.26 Å². The van der Waals surface area contributed by atoms with E-state index in [1.165, 1.54) is 58.3 Å². The Morgan fingerprint density at radius 1 is 1.18 bits per heavy atom. The summed E-state index contributed by atoms with van der Waals surface area (Å²) in [6.45, 7) is 4.13. The van der Waals surface area contributed by atoms with Gasteiger partial charge >= 0.3 is 12.1 Å². The van der Waals surface area contributed by atoms with Gasteiger partial charge in [-0.15, -0.1) is 28.4 Å². The molecule has 0 aliphatic carbocycles. The molecule has 0 fully saturated rings. The second-order valence-electron chi connectivity index (χ2n) is 11.2. The number of nitriles is 1. The van der Waals surface area contributed by atoms with Gasteiger partial charge in [-0.2, -0.15) is 9.83 Å². The van der Waals surface area contributed by atoms with Gasteiger partial charge in [0.15, 0.2) is 0 Å². The van der Waals surface area contributed by atoms with Crippen molar-refractivity contribution in [3.8, 4) is 17.3 Å². The van der Waals surface area contributed by atoms with Crippen LogP contribution in [0.4, 0.5) is 19.4 Å². The zero-order valence-corrected chi connectivity index (χ0v) is 30.1. The number of ether oxygens (including phenoxy) is 2. The van der Waals surface area contributed by atoms with Gasteiger partial charge in [-0.05, 0) is 36.4 Å². The van der Waals surface area contributed by atoms with Gasteiger partial charge in [0, 0.05) is 60.2 Å². The summed E-state index contributed by atoms with van der Waals surface area (Å²) in [6, 6.07) is 15.1. The third-order valence-electron chi connectivity index (χ3n) is 7.90. The number of thiazole rings is 1. The topological polar surface area (TPSA) is 147 Å². The van der Waals surface area contributed by atoms with Crippen LogP contribution in [0, 0.1) is 23.0 Å². The van der Waals surface area contributed by atoms with Gasteiger partial charge in [-0.1, -0.05) is 25.1 Å².